The summed E-state index contributed by atoms with van der Waals surface area (Å²) in [4.78, 5) is 13.2. The highest BCUT2D eigenvalue weighted by atomic mass is 32.2. The molecule has 6 nitrogen and oxygen atoms in total. The number of carbonyl (C=O) groups is 1. The number of alkyl halides is 3. The van der Waals surface area contributed by atoms with Crippen LogP contribution in [-0.2, 0) is 16.2 Å². The topological polar surface area (TPSA) is 83.7 Å². The van der Waals surface area contributed by atoms with Crippen molar-refractivity contribution in [1.29, 1.82) is 0 Å². The maximum atomic E-state index is 12.9. The maximum absolute atomic E-state index is 12.9. The number of aryl methyl sites for hydroxylation is 1. The molecule has 156 valence electrons. The summed E-state index contributed by atoms with van der Waals surface area (Å²) in [6, 6.07) is 9.15. The van der Waals surface area contributed by atoms with Gasteiger partial charge in [0.15, 0.2) is 0 Å². The molecule has 0 unspecified atom stereocenters. The normalized spacial score (nSPS) is 16.1. The summed E-state index contributed by atoms with van der Waals surface area (Å²) >= 11 is 0. The summed E-state index contributed by atoms with van der Waals surface area (Å²) in [5.74, 6) is -0.714. The Balaban J connectivity index is 1.77. The van der Waals surface area contributed by atoms with Gasteiger partial charge in [0.25, 0.3) is 0 Å². The first-order valence-corrected chi connectivity index (χ1v) is 10.3. The summed E-state index contributed by atoms with van der Waals surface area (Å²) in [7, 11) is -3.85. The predicted octanol–water partition coefficient (Wildman–Crippen LogP) is 2.62. The number of primary amides is 1. The number of anilines is 1. The van der Waals surface area contributed by atoms with Crippen molar-refractivity contribution in [3.8, 4) is 0 Å². The molecule has 3 rings (SSSR count). The standard InChI is InChI=1S/C19H20F3N3O3S/c1-13-5-6-16(12-17(13)18(23)26)29(27,28)25-9-7-24(8-10-25)15-4-2-3-14(11-15)19(20,21)22/h2-6,11-12H,7-10H2,1H3,(H2,23,26). The summed E-state index contributed by atoms with van der Waals surface area (Å²) < 4.78 is 65.8. The van der Waals surface area contributed by atoms with E-state index in [2.05, 4.69) is 0 Å². The monoisotopic (exact) mass is 427 g/mol. The molecule has 2 N–H and O–H groups in total. The van der Waals surface area contributed by atoms with E-state index in [1.165, 1.54) is 28.6 Å². The largest absolute Gasteiger partial charge is 0.416 e. The molecular formula is C19H20F3N3O3S. The molecule has 1 fully saturated rings. The van der Waals surface area contributed by atoms with Crippen LogP contribution in [0.4, 0.5) is 18.9 Å². The molecule has 0 bridgehead atoms. The third-order valence-corrected chi connectivity index (χ3v) is 6.78. The van der Waals surface area contributed by atoms with Gasteiger partial charge in [-0.3, -0.25) is 4.79 Å². The number of rotatable bonds is 4. The van der Waals surface area contributed by atoms with Crippen molar-refractivity contribution in [2.75, 3.05) is 31.1 Å². The minimum atomic E-state index is -4.44. The highest BCUT2D eigenvalue weighted by Crippen LogP contribution is 2.32. The Morgan fingerprint density at radius 2 is 1.69 bits per heavy atom. The first kappa shape index (κ1) is 21.1. The van der Waals surface area contributed by atoms with Gasteiger partial charge in [0, 0.05) is 37.4 Å². The van der Waals surface area contributed by atoms with E-state index in [9.17, 15) is 26.4 Å². The van der Waals surface area contributed by atoms with Gasteiger partial charge < -0.3 is 10.6 Å². The van der Waals surface area contributed by atoms with E-state index in [1.807, 2.05) is 0 Å². The summed E-state index contributed by atoms with van der Waals surface area (Å²) in [6.45, 7) is 2.37. The van der Waals surface area contributed by atoms with Crippen molar-refractivity contribution in [2.24, 2.45) is 5.73 Å². The van der Waals surface area contributed by atoms with Crippen molar-refractivity contribution in [3.05, 3.63) is 59.2 Å². The molecular weight excluding hydrogens is 407 g/mol. The van der Waals surface area contributed by atoms with E-state index in [0.717, 1.165) is 12.1 Å². The Morgan fingerprint density at radius 3 is 2.28 bits per heavy atom. The van der Waals surface area contributed by atoms with Crippen LogP contribution in [0.5, 0.6) is 0 Å². The van der Waals surface area contributed by atoms with Crippen LogP contribution >= 0.6 is 0 Å². The molecule has 0 saturated carbocycles. The van der Waals surface area contributed by atoms with Gasteiger partial charge in [-0.25, -0.2) is 8.42 Å². The quantitative estimate of drug-likeness (QED) is 0.813. The Kier molecular flexibility index (Phi) is 5.59. The molecule has 0 atom stereocenters. The first-order chi connectivity index (χ1) is 13.5. The van der Waals surface area contributed by atoms with Crippen molar-refractivity contribution in [3.63, 3.8) is 0 Å². The number of halogens is 3. The second kappa shape index (κ2) is 7.68. The molecule has 10 heteroatoms. The lowest BCUT2D eigenvalue weighted by atomic mass is 10.1. The number of carbonyl (C=O) groups excluding carboxylic acids is 1. The van der Waals surface area contributed by atoms with Gasteiger partial charge in [-0.05, 0) is 42.8 Å². The third-order valence-electron chi connectivity index (χ3n) is 4.89. The lowest BCUT2D eigenvalue weighted by Crippen LogP contribution is -2.48. The van der Waals surface area contributed by atoms with E-state index in [-0.39, 0.29) is 36.6 Å². The molecule has 1 heterocycles. The van der Waals surface area contributed by atoms with Crippen molar-refractivity contribution in [2.45, 2.75) is 18.0 Å². The van der Waals surface area contributed by atoms with Gasteiger partial charge in [0.05, 0.1) is 10.5 Å². The van der Waals surface area contributed by atoms with Crippen LogP contribution < -0.4 is 10.6 Å². The summed E-state index contributed by atoms with van der Waals surface area (Å²) in [5.41, 5.74) is 5.65. The maximum Gasteiger partial charge on any atom is 0.416 e. The molecule has 1 saturated heterocycles. The minimum Gasteiger partial charge on any atom is -0.369 e. The van der Waals surface area contributed by atoms with Gasteiger partial charge in [0.2, 0.25) is 15.9 Å². The van der Waals surface area contributed by atoms with Crippen LogP contribution in [0, 0.1) is 6.92 Å². The van der Waals surface area contributed by atoms with Gasteiger partial charge >= 0.3 is 6.18 Å². The van der Waals surface area contributed by atoms with E-state index in [4.69, 9.17) is 5.73 Å². The second-order valence-electron chi connectivity index (χ2n) is 6.78. The van der Waals surface area contributed by atoms with Crippen molar-refractivity contribution < 1.29 is 26.4 Å². The van der Waals surface area contributed by atoms with E-state index >= 15 is 0 Å². The zero-order chi connectivity index (χ0) is 21.4. The molecule has 2 aromatic rings. The molecule has 2 aromatic carbocycles. The number of benzene rings is 2. The van der Waals surface area contributed by atoms with Crippen molar-refractivity contribution >= 4 is 21.6 Å². The number of piperazine rings is 1. The summed E-state index contributed by atoms with van der Waals surface area (Å²) in [5, 5.41) is 0. The van der Waals surface area contributed by atoms with Gasteiger partial charge in [-0.1, -0.05) is 12.1 Å². The van der Waals surface area contributed by atoms with E-state index in [1.54, 1.807) is 17.9 Å². The number of sulfonamides is 1. The molecule has 0 spiro atoms. The number of amides is 1. The Bertz CT molecular complexity index is 1030. The predicted molar refractivity (Wildman–Crippen MR) is 102 cm³/mol. The fourth-order valence-electron chi connectivity index (χ4n) is 3.24. The Labute approximate surface area is 166 Å². The van der Waals surface area contributed by atoms with Crippen LogP contribution in [0.1, 0.15) is 21.5 Å². The molecule has 0 aliphatic carbocycles. The van der Waals surface area contributed by atoms with Crippen LogP contribution in [-0.4, -0.2) is 44.8 Å². The number of hydrogen-bond donors (Lipinski definition) is 1. The number of nitrogens with zero attached hydrogens (tertiary/aromatic N) is 2. The van der Waals surface area contributed by atoms with Crippen LogP contribution in [0.15, 0.2) is 47.4 Å². The van der Waals surface area contributed by atoms with Gasteiger partial charge in [0.1, 0.15) is 0 Å². The van der Waals surface area contributed by atoms with Crippen LogP contribution in [0.25, 0.3) is 0 Å². The van der Waals surface area contributed by atoms with E-state index < -0.39 is 27.7 Å². The summed E-state index contributed by atoms with van der Waals surface area (Å²) in [6.07, 6.45) is -4.44. The molecule has 0 radical (unpaired) electrons. The fraction of sp³-hybridized carbons (Fsp3) is 0.316. The highest BCUT2D eigenvalue weighted by molar-refractivity contribution is 7.89. The van der Waals surface area contributed by atoms with Crippen LogP contribution in [0.2, 0.25) is 0 Å². The molecule has 0 aromatic heterocycles. The molecule has 1 aliphatic rings. The average molecular weight is 427 g/mol. The van der Waals surface area contributed by atoms with Gasteiger partial charge in [-0.2, -0.15) is 17.5 Å². The lowest BCUT2D eigenvalue weighted by Gasteiger charge is -2.35. The lowest BCUT2D eigenvalue weighted by molar-refractivity contribution is -0.137. The Morgan fingerprint density at radius 1 is 1.03 bits per heavy atom. The van der Waals surface area contributed by atoms with E-state index in [0.29, 0.717) is 11.3 Å². The molecule has 1 aliphatic heterocycles. The second-order valence-corrected chi connectivity index (χ2v) is 8.72. The SMILES string of the molecule is Cc1ccc(S(=O)(=O)N2CCN(c3cccc(C(F)(F)F)c3)CC2)cc1C(N)=O. The van der Waals surface area contributed by atoms with Crippen molar-refractivity contribution in [1.82, 2.24) is 4.31 Å². The average Bonchev–Trinajstić information content (AvgIpc) is 2.67. The molecule has 1 amide bonds. The number of hydrogen-bond acceptors (Lipinski definition) is 4. The van der Waals surface area contributed by atoms with Crippen LogP contribution in [0.3, 0.4) is 0 Å². The zero-order valence-corrected chi connectivity index (χ0v) is 16.4. The molecule has 29 heavy (non-hydrogen) atoms. The minimum absolute atomic E-state index is 0.0376. The Hall–Kier alpha value is -2.59. The zero-order valence-electron chi connectivity index (χ0n) is 15.6. The highest BCUT2D eigenvalue weighted by Gasteiger charge is 2.32. The fourth-order valence-corrected chi connectivity index (χ4v) is 4.69. The third kappa shape index (κ3) is 4.38. The first-order valence-electron chi connectivity index (χ1n) is 8.83. The smallest absolute Gasteiger partial charge is 0.369 e. The van der Waals surface area contributed by atoms with Gasteiger partial charge in [-0.15, -0.1) is 0 Å². The number of nitrogens with two attached hydrogens (primary N) is 1.